The molecule has 0 atom stereocenters. The monoisotopic (exact) mass is 241 g/mol. The molecule has 0 aliphatic carbocycles. The maximum absolute atomic E-state index is 9.60. The Morgan fingerprint density at radius 2 is 1.83 bits per heavy atom. The van der Waals surface area contributed by atoms with Crippen molar-refractivity contribution in [2.45, 2.75) is 26.2 Å². The molecule has 3 heteroatoms. The van der Waals surface area contributed by atoms with Crippen molar-refractivity contribution in [3.05, 3.63) is 36.2 Å². The van der Waals surface area contributed by atoms with Gasteiger partial charge in [-0.1, -0.05) is 32.9 Å². The molecule has 0 aliphatic heterocycles. The Bertz CT molecular complexity index is 735. The van der Waals surface area contributed by atoms with Crippen LogP contribution in [0.1, 0.15) is 26.7 Å². The first-order valence-corrected chi connectivity index (χ1v) is 5.98. The molecule has 1 heterocycles. The zero-order chi connectivity index (χ0) is 12.9. The first-order valence-electron chi connectivity index (χ1n) is 5.98. The Morgan fingerprint density at radius 1 is 1.11 bits per heavy atom. The highest BCUT2D eigenvalue weighted by atomic mass is 16.3. The lowest BCUT2D eigenvalue weighted by molar-refractivity contribution is 0.411. The molecular weight excluding hydrogens is 226 g/mol. The first-order chi connectivity index (χ1) is 8.45. The van der Waals surface area contributed by atoms with E-state index >= 15 is 0 Å². The van der Waals surface area contributed by atoms with Crippen LogP contribution in [0.3, 0.4) is 0 Å². The normalized spacial score (nSPS) is 12.4. The second kappa shape index (κ2) is 3.48. The fourth-order valence-corrected chi connectivity index (χ4v) is 2.02. The summed E-state index contributed by atoms with van der Waals surface area (Å²) in [7, 11) is 0. The molecule has 0 amide bonds. The van der Waals surface area contributed by atoms with Crippen LogP contribution in [0.2, 0.25) is 0 Å². The molecule has 0 aliphatic rings. The van der Waals surface area contributed by atoms with E-state index in [2.05, 4.69) is 25.8 Å². The number of rotatable bonds is 0. The third kappa shape index (κ3) is 1.63. The molecule has 0 spiro atoms. The third-order valence-corrected chi connectivity index (χ3v) is 3.00. The van der Waals surface area contributed by atoms with Crippen molar-refractivity contribution in [3.8, 4) is 5.75 Å². The molecule has 3 rings (SSSR count). The fourth-order valence-electron chi connectivity index (χ4n) is 2.02. The Kier molecular flexibility index (Phi) is 2.14. The van der Waals surface area contributed by atoms with Crippen LogP contribution in [0.25, 0.3) is 21.9 Å². The number of aromatic hydroxyl groups is 1. The van der Waals surface area contributed by atoms with Crippen LogP contribution < -0.4 is 0 Å². The Labute approximate surface area is 105 Å². The molecule has 0 saturated heterocycles. The molecule has 18 heavy (non-hydrogen) atoms. The average Bonchev–Trinajstić information content (AvgIpc) is 2.72. The maximum Gasteiger partial charge on any atom is 0.200 e. The van der Waals surface area contributed by atoms with Crippen molar-refractivity contribution in [1.82, 2.24) is 4.98 Å². The molecule has 0 fully saturated rings. The van der Waals surface area contributed by atoms with Gasteiger partial charge in [0.15, 0.2) is 5.58 Å². The zero-order valence-corrected chi connectivity index (χ0v) is 10.7. The topological polar surface area (TPSA) is 46.3 Å². The summed E-state index contributed by atoms with van der Waals surface area (Å²) in [5.74, 6) is 0.962. The summed E-state index contributed by atoms with van der Waals surface area (Å²) in [5, 5.41) is 11.6. The van der Waals surface area contributed by atoms with E-state index in [1.165, 1.54) is 0 Å². The van der Waals surface area contributed by atoms with Crippen molar-refractivity contribution >= 4 is 21.9 Å². The fraction of sp³-hybridized carbons (Fsp3) is 0.267. The molecule has 0 radical (unpaired) electrons. The van der Waals surface area contributed by atoms with E-state index in [1.54, 1.807) is 12.1 Å². The van der Waals surface area contributed by atoms with Crippen molar-refractivity contribution < 1.29 is 9.52 Å². The van der Waals surface area contributed by atoms with Gasteiger partial charge in [-0.3, -0.25) is 0 Å². The third-order valence-electron chi connectivity index (χ3n) is 3.00. The number of fused-ring (bicyclic) bond motifs is 3. The molecule has 92 valence electrons. The summed E-state index contributed by atoms with van der Waals surface area (Å²) in [6, 6.07) is 9.20. The van der Waals surface area contributed by atoms with Crippen LogP contribution in [0.15, 0.2) is 34.7 Å². The quantitative estimate of drug-likeness (QED) is 0.647. The summed E-state index contributed by atoms with van der Waals surface area (Å²) in [6.07, 6.45) is 0. The van der Waals surface area contributed by atoms with E-state index in [9.17, 15) is 5.11 Å². The molecule has 1 aromatic heterocycles. The molecule has 0 saturated carbocycles. The lowest BCUT2D eigenvalue weighted by Gasteiger charge is -2.11. The predicted octanol–water partition coefficient (Wildman–Crippen LogP) is 3.98. The summed E-state index contributed by atoms with van der Waals surface area (Å²) in [5.41, 5.74) is 1.45. The van der Waals surface area contributed by atoms with E-state index in [-0.39, 0.29) is 11.2 Å². The zero-order valence-electron chi connectivity index (χ0n) is 10.7. The van der Waals surface area contributed by atoms with Gasteiger partial charge in [-0.05, 0) is 23.6 Å². The van der Waals surface area contributed by atoms with Crippen LogP contribution in [-0.4, -0.2) is 10.1 Å². The highest BCUT2D eigenvalue weighted by Crippen LogP contribution is 2.31. The molecular formula is C15H15NO2. The highest BCUT2D eigenvalue weighted by molar-refractivity contribution is 6.03. The minimum atomic E-state index is -0.123. The second-order valence-corrected chi connectivity index (χ2v) is 5.59. The van der Waals surface area contributed by atoms with Crippen molar-refractivity contribution in [1.29, 1.82) is 0 Å². The summed E-state index contributed by atoms with van der Waals surface area (Å²) in [6.45, 7) is 6.20. The Morgan fingerprint density at radius 3 is 2.56 bits per heavy atom. The Balaban J connectivity index is 2.39. The van der Waals surface area contributed by atoms with Gasteiger partial charge < -0.3 is 9.52 Å². The summed E-state index contributed by atoms with van der Waals surface area (Å²) < 4.78 is 5.79. The van der Waals surface area contributed by atoms with Gasteiger partial charge in [-0.2, -0.15) is 0 Å². The van der Waals surface area contributed by atoms with Gasteiger partial charge in [0.05, 0.1) is 0 Å². The highest BCUT2D eigenvalue weighted by Gasteiger charge is 2.21. The largest absolute Gasteiger partial charge is 0.508 e. The van der Waals surface area contributed by atoms with Crippen molar-refractivity contribution in [3.63, 3.8) is 0 Å². The Hall–Kier alpha value is -2.03. The van der Waals surface area contributed by atoms with E-state index in [0.29, 0.717) is 5.89 Å². The molecule has 0 unspecified atom stereocenters. The van der Waals surface area contributed by atoms with Gasteiger partial charge in [0.1, 0.15) is 11.3 Å². The maximum atomic E-state index is 9.60. The van der Waals surface area contributed by atoms with Crippen molar-refractivity contribution in [2.24, 2.45) is 0 Å². The number of hydrogen-bond acceptors (Lipinski definition) is 3. The number of hydrogen-bond donors (Lipinski definition) is 1. The van der Waals surface area contributed by atoms with Gasteiger partial charge in [-0.15, -0.1) is 0 Å². The van der Waals surface area contributed by atoms with Crippen LogP contribution in [0, 0.1) is 0 Å². The first kappa shape index (κ1) is 11.1. The van der Waals surface area contributed by atoms with Gasteiger partial charge in [0.2, 0.25) is 5.89 Å². The van der Waals surface area contributed by atoms with E-state index in [4.69, 9.17) is 4.42 Å². The number of benzene rings is 2. The number of nitrogens with zero attached hydrogens (tertiary/aromatic N) is 1. The SMILES string of the molecule is CC(C)(C)c1nc2c(ccc3ccc(O)cc32)o1. The van der Waals surface area contributed by atoms with Gasteiger partial charge >= 0.3 is 0 Å². The lowest BCUT2D eigenvalue weighted by atomic mass is 9.97. The summed E-state index contributed by atoms with van der Waals surface area (Å²) >= 11 is 0. The minimum Gasteiger partial charge on any atom is -0.508 e. The van der Waals surface area contributed by atoms with E-state index in [0.717, 1.165) is 21.9 Å². The van der Waals surface area contributed by atoms with Crippen molar-refractivity contribution in [2.75, 3.05) is 0 Å². The second-order valence-electron chi connectivity index (χ2n) is 5.59. The molecule has 0 bridgehead atoms. The molecule has 3 nitrogen and oxygen atoms in total. The standard InChI is InChI=1S/C15H15NO2/c1-15(2,3)14-16-13-11-8-10(17)6-4-9(11)5-7-12(13)18-14/h4-8,17H,1-3H3. The van der Waals surface area contributed by atoms with Crippen LogP contribution in [0.4, 0.5) is 0 Å². The minimum absolute atomic E-state index is 0.123. The number of oxazole rings is 1. The van der Waals surface area contributed by atoms with E-state index < -0.39 is 0 Å². The predicted molar refractivity (Wildman–Crippen MR) is 71.9 cm³/mol. The number of phenolic OH excluding ortho intramolecular Hbond substituents is 1. The van der Waals surface area contributed by atoms with Gasteiger partial charge in [0.25, 0.3) is 0 Å². The number of phenols is 1. The average molecular weight is 241 g/mol. The van der Waals surface area contributed by atoms with Crippen LogP contribution in [-0.2, 0) is 5.41 Å². The van der Waals surface area contributed by atoms with E-state index in [1.807, 2.05) is 18.2 Å². The lowest BCUT2D eigenvalue weighted by Crippen LogP contribution is -2.10. The van der Waals surface area contributed by atoms with Crippen LogP contribution >= 0.6 is 0 Å². The van der Waals surface area contributed by atoms with Crippen LogP contribution in [0.5, 0.6) is 5.75 Å². The van der Waals surface area contributed by atoms with Gasteiger partial charge in [0, 0.05) is 10.8 Å². The molecule has 2 aromatic carbocycles. The summed E-state index contributed by atoms with van der Waals surface area (Å²) in [4.78, 5) is 4.58. The van der Waals surface area contributed by atoms with Gasteiger partial charge in [-0.25, -0.2) is 4.98 Å². The molecule has 1 N–H and O–H groups in total. The smallest absolute Gasteiger partial charge is 0.200 e. The molecule has 3 aromatic rings. The number of aromatic nitrogens is 1.